The molecule has 0 bridgehead atoms. The van der Waals surface area contributed by atoms with Gasteiger partial charge in [0, 0.05) is 6.54 Å². The van der Waals surface area contributed by atoms with Crippen LogP contribution >= 0.6 is 0 Å². The van der Waals surface area contributed by atoms with Gasteiger partial charge in [-0.15, -0.1) is 0 Å². The average molecular weight is 378 g/mol. The predicted octanol–water partition coefficient (Wildman–Crippen LogP) is 0.662. The number of hydrogen-bond donors (Lipinski definition) is 3. The molecule has 0 aliphatic carbocycles. The predicted molar refractivity (Wildman–Crippen MR) is 106 cm³/mol. The third-order valence-electron chi connectivity index (χ3n) is 4.65. The molecule has 150 valence electrons. The maximum absolute atomic E-state index is 12.1. The minimum Gasteiger partial charge on any atom is -0.492 e. The zero-order valence-electron chi connectivity index (χ0n) is 16.7. The molecule has 2 rings (SSSR count). The van der Waals surface area contributed by atoms with Gasteiger partial charge in [-0.1, -0.05) is 26.0 Å². The first-order chi connectivity index (χ1) is 13.0. The van der Waals surface area contributed by atoms with Gasteiger partial charge in [0.15, 0.2) is 6.54 Å². The molecule has 0 spiro atoms. The number of quaternary nitrogens is 1. The SMILES string of the molecule is CCOc1ccccc1N1CC[NH+](CC(=O)NC(=O)NCCC(C)C)CC1. The molecule has 7 nitrogen and oxygen atoms in total. The number of imide groups is 1. The quantitative estimate of drug-likeness (QED) is 0.622. The van der Waals surface area contributed by atoms with Gasteiger partial charge in [0.05, 0.1) is 38.5 Å². The van der Waals surface area contributed by atoms with Crippen LogP contribution in [0, 0.1) is 5.92 Å². The van der Waals surface area contributed by atoms with E-state index in [4.69, 9.17) is 4.74 Å². The van der Waals surface area contributed by atoms with Crippen LogP contribution in [0.25, 0.3) is 0 Å². The fraction of sp³-hybridized carbons (Fsp3) is 0.600. The summed E-state index contributed by atoms with van der Waals surface area (Å²) in [6.07, 6.45) is 0.901. The molecular formula is C20H33N4O3+. The van der Waals surface area contributed by atoms with E-state index in [1.807, 2.05) is 25.1 Å². The van der Waals surface area contributed by atoms with Crippen LogP contribution in [0.2, 0.25) is 0 Å². The van der Waals surface area contributed by atoms with Crippen LogP contribution in [-0.4, -0.2) is 57.8 Å². The van der Waals surface area contributed by atoms with E-state index < -0.39 is 6.03 Å². The first-order valence-corrected chi connectivity index (χ1v) is 9.87. The van der Waals surface area contributed by atoms with Crippen molar-refractivity contribution >= 4 is 17.6 Å². The Morgan fingerprint density at radius 1 is 1.22 bits per heavy atom. The van der Waals surface area contributed by atoms with Crippen molar-refractivity contribution in [1.82, 2.24) is 10.6 Å². The lowest BCUT2D eigenvalue weighted by atomic mass is 10.1. The number of amides is 3. The van der Waals surface area contributed by atoms with Crippen LogP contribution in [0.3, 0.4) is 0 Å². The van der Waals surface area contributed by atoms with Crippen LogP contribution in [0.1, 0.15) is 27.2 Å². The maximum atomic E-state index is 12.1. The number of hydrogen-bond acceptors (Lipinski definition) is 4. The number of rotatable bonds is 8. The number of carbonyl (C=O) groups is 2. The lowest BCUT2D eigenvalue weighted by Crippen LogP contribution is -3.16. The Bertz CT molecular complexity index is 613. The normalized spacial score (nSPS) is 14.9. The topological polar surface area (TPSA) is 75.1 Å². The molecule has 1 aliphatic rings. The molecule has 0 unspecified atom stereocenters. The second-order valence-electron chi connectivity index (χ2n) is 7.30. The van der Waals surface area contributed by atoms with Gasteiger partial charge in [0.2, 0.25) is 0 Å². The molecule has 0 radical (unpaired) electrons. The number of benzene rings is 1. The number of para-hydroxylation sites is 2. The van der Waals surface area contributed by atoms with Crippen molar-refractivity contribution in [3.8, 4) is 5.75 Å². The highest BCUT2D eigenvalue weighted by Crippen LogP contribution is 2.27. The number of nitrogens with zero attached hydrogens (tertiary/aromatic N) is 1. The molecule has 3 amide bonds. The van der Waals surface area contributed by atoms with Gasteiger partial charge in [-0.05, 0) is 31.4 Å². The first kappa shape index (κ1) is 21.0. The summed E-state index contributed by atoms with van der Waals surface area (Å²) < 4.78 is 5.72. The lowest BCUT2D eigenvalue weighted by Gasteiger charge is -2.34. The number of carbonyl (C=O) groups excluding carboxylic acids is 2. The second kappa shape index (κ2) is 10.8. The van der Waals surface area contributed by atoms with E-state index >= 15 is 0 Å². The van der Waals surface area contributed by atoms with Crippen molar-refractivity contribution in [2.45, 2.75) is 27.2 Å². The van der Waals surface area contributed by atoms with Crippen LogP contribution in [0.5, 0.6) is 5.75 Å². The maximum Gasteiger partial charge on any atom is 0.321 e. The zero-order chi connectivity index (χ0) is 19.6. The molecule has 0 aromatic heterocycles. The van der Waals surface area contributed by atoms with Crippen molar-refractivity contribution in [2.24, 2.45) is 5.92 Å². The number of nitrogens with one attached hydrogen (secondary N) is 3. The molecule has 1 aromatic rings. The third-order valence-corrected chi connectivity index (χ3v) is 4.65. The second-order valence-corrected chi connectivity index (χ2v) is 7.30. The summed E-state index contributed by atoms with van der Waals surface area (Å²) in [5.41, 5.74) is 1.10. The van der Waals surface area contributed by atoms with Crippen molar-refractivity contribution in [1.29, 1.82) is 0 Å². The Labute approximate surface area is 162 Å². The van der Waals surface area contributed by atoms with E-state index in [9.17, 15) is 9.59 Å². The largest absolute Gasteiger partial charge is 0.492 e. The fourth-order valence-corrected chi connectivity index (χ4v) is 3.15. The van der Waals surface area contributed by atoms with Crippen LogP contribution in [0.4, 0.5) is 10.5 Å². The van der Waals surface area contributed by atoms with Gasteiger partial charge in [0.25, 0.3) is 5.91 Å². The third kappa shape index (κ3) is 7.09. The van der Waals surface area contributed by atoms with Gasteiger partial charge in [-0.2, -0.15) is 0 Å². The Morgan fingerprint density at radius 2 is 1.93 bits per heavy atom. The van der Waals surface area contributed by atoms with Crippen LogP contribution < -0.4 is 25.2 Å². The highest BCUT2D eigenvalue weighted by molar-refractivity contribution is 5.94. The molecular weight excluding hydrogens is 344 g/mol. The molecule has 1 fully saturated rings. The summed E-state index contributed by atoms with van der Waals surface area (Å²) in [5, 5.41) is 5.15. The van der Waals surface area contributed by atoms with E-state index in [0.29, 0.717) is 25.6 Å². The standard InChI is InChI=1S/C20H32N4O3/c1-4-27-18-8-6-5-7-17(18)24-13-11-23(12-14-24)15-19(25)22-20(26)21-10-9-16(2)3/h5-8,16H,4,9-15H2,1-3H3,(H2,21,22,25,26)/p+1. The number of urea groups is 1. The van der Waals surface area contributed by atoms with Crippen molar-refractivity contribution in [3.63, 3.8) is 0 Å². The summed E-state index contributed by atoms with van der Waals surface area (Å²) in [6.45, 7) is 11.1. The van der Waals surface area contributed by atoms with Gasteiger partial charge in [-0.3, -0.25) is 10.1 Å². The Morgan fingerprint density at radius 3 is 2.59 bits per heavy atom. The van der Waals surface area contributed by atoms with E-state index in [-0.39, 0.29) is 5.91 Å². The van der Waals surface area contributed by atoms with Gasteiger partial charge in [-0.25, -0.2) is 4.79 Å². The van der Waals surface area contributed by atoms with E-state index in [1.165, 1.54) is 4.90 Å². The fourth-order valence-electron chi connectivity index (χ4n) is 3.15. The smallest absolute Gasteiger partial charge is 0.321 e. The van der Waals surface area contributed by atoms with E-state index in [2.05, 4.69) is 35.4 Å². The monoisotopic (exact) mass is 377 g/mol. The number of ether oxygens (including phenoxy) is 1. The van der Waals surface area contributed by atoms with Gasteiger partial charge < -0.3 is 19.9 Å². The highest BCUT2D eigenvalue weighted by Gasteiger charge is 2.24. The van der Waals surface area contributed by atoms with Crippen LogP contribution in [-0.2, 0) is 4.79 Å². The first-order valence-electron chi connectivity index (χ1n) is 9.87. The molecule has 1 saturated heterocycles. The highest BCUT2D eigenvalue weighted by atomic mass is 16.5. The minimum atomic E-state index is -0.399. The average Bonchev–Trinajstić information content (AvgIpc) is 2.63. The van der Waals surface area contributed by atoms with Crippen molar-refractivity contribution in [2.75, 3.05) is 50.8 Å². The van der Waals surface area contributed by atoms with Crippen molar-refractivity contribution < 1.29 is 19.2 Å². The molecule has 1 heterocycles. The molecule has 7 heteroatoms. The Kier molecular flexibility index (Phi) is 8.39. The van der Waals surface area contributed by atoms with E-state index in [0.717, 1.165) is 44.0 Å². The van der Waals surface area contributed by atoms with Gasteiger partial charge in [0.1, 0.15) is 5.75 Å². The summed E-state index contributed by atoms with van der Waals surface area (Å²) in [4.78, 5) is 27.3. The van der Waals surface area contributed by atoms with Crippen molar-refractivity contribution in [3.05, 3.63) is 24.3 Å². The molecule has 27 heavy (non-hydrogen) atoms. The lowest BCUT2D eigenvalue weighted by molar-refractivity contribution is -0.892. The van der Waals surface area contributed by atoms with E-state index in [1.54, 1.807) is 0 Å². The number of anilines is 1. The molecule has 3 N–H and O–H groups in total. The summed E-state index contributed by atoms with van der Waals surface area (Å²) in [6, 6.07) is 7.66. The van der Waals surface area contributed by atoms with Crippen LogP contribution in [0.15, 0.2) is 24.3 Å². The summed E-state index contributed by atoms with van der Waals surface area (Å²) in [7, 11) is 0. The summed E-state index contributed by atoms with van der Waals surface area (Å²) >= 11 is 0. The summed E-state index contributed by atoms with van der Waals surface area (Å²) in [5.74, 6) is 1.20. The molecule has 0 atom stereocenters. The molecule has 1 aliphatic heterocycles. The molecule has 0 saturated carbocycles. The molecule has 1 aromatic carbocycles. The Hall–Kier alpha value is -2.28. The van der Waals surface area contributed by atoms with Gasteiger partial charge >= 0.3 is 6.03 Å². The Balaban J connectivity index is 1.74. The zero-order valence-corrected chi connectivity index (χ0v) is 16.7. The number of piperazine rings is 1. The minimum absolute atomic E-state index is 0.227.